The van der Waals surface area contributed by atoms with Gasteiger partial charge in [0.1, 0.15) is 0 Å². The number of hydrogen-bond donors (Lipinski definition) is 1. The lowest BCUT2D eigenvalue weighted by Crippen LogP contribution is -2.02. The summed E-state index contributed by atoms with van der Waals surface area (Å²) in [6, 6.07) is 12.5. The van der Waals surface area contributed by atoms with Crippen LogP contribution in [0.1, 0.15) is 5.69 Å². The summed E-state index contributed by atoms with van der Waals surface area (Å²) in [7, 11) is 0. The molecule has 0 spiro atoms. The van der Waals surface area contributed by atoms with Crippen LogP contribution in [0.2, 0.25) is 0 Å². The molecule has 3 aromatic rings. The van der Waals surface area contributed by atoms with Gasteiger partial charge in [0.25, 0.3) is 0 Å². The number of aromatic nitrogens is 2. The second kappa shape index (κ2) is 5.63. The Bertz CT molecular complexity index is 636. The van der Waals surface area contributed by atoms with Crippen molar-refractivity contribution in [3.05, 3.63) is 66.1 Å². The van der Waals surface area contributed by atoms with Gasteiger partial charge in [-0.2, -0.15) is 0 Å². The van der Waals surface area contributed by atoms with Crippen LogP contribution >= 0.6 is 11.3 Å². The van der Waals surface area contributed by atoms with E-state index in [0.717, 1.165) is 11.4 Å². The molecule has 0 saturated carbocycles. The fraction of sp³-hybridized carbons (Fsp3) is 0.0667. The van der Waals surface area contributed by atoms with Gasteiger partial charge in [-0.05, 0) is 17.5 Å². The van der Waals surface area contributed by atoms with Crippen molar-refractivity contribution in [2.24, 2.45) is 0 Å². The van der Waals surface area contributed by atoms with Gasteiger partial charge in [0, 0.05) is 28.5 Å². The molecule has 0 amide bonds. The fourth-order valence-electron chi connectivity index (χ4n) is 1.89. The molecular weight excluding hydrogens is 254 g/mol. The number of hydrogen-bond acceptors (Lipinski definition) is 4. The molecule has 19 heavy (non-hydrogen) atoms. The number of rotatable bonds is 4. The van der Waals surface area contributed by atoms with Crippen molar-refractivity contribution < 1.29 is 0 Å². The molecule has 4 heteroatoms. The first kappa shape index (κ1) is 11.9. The normalized spacial score (nSPS) is 10.3. The largest absolute Gasteiger partial charge is 0.379 e. The van der Waals surface area contributed by atoms with E-state index in [1.807, 2.05) is 6.07 Å². The fourth-order valence-corrected chi connectivity index (χ4v) is 2.66. The zero-order valence-electron chi connectivity index (χ0n) is 10.3. The minimum atomic E-state index is 0.677. The van der Waals surface area contributed by atoms with E-state index in [0.29, 0.717) is 6.54 Å². The van der Waals surface area contributed by atoms with Crippen LogP contribution < -0.4 is 5.32 Å². The van der Waals surface area contributed by atoms with Gasteiger partial charge in [0.05, 0.1) is 18.4 Å². The second-order valence-corrected chi connectivity index (χ2v) is 5.02. The number of nitrogens with one attached hydrogen (secondary N) is 1. The Balaban J connectivity index is 1.82. The van der Waals surface area contributed by atoms with E-state index in [-0.39, 0.29) is 0 Å². The molecule has 0 atom stereocenters. The molecule has 94 valence electrons. The molecule has 1 N–H and O–H groups in total. The predicted molar refractivity (Wildman–Crippen MR) is 79.1 cm³/mol. The average molecular weight is 267 g/mol. The Hall–Kier alpha value is -2.20. The van der Waals surface area contributed by atoms with Crippen molar-refractivity contribution in [2.75, 3.05) is 5.32 Å². The molecule has 0 bridgehead atoms. The summed E-state index contributed by atoms with van der Waals surface area (Å²) in [5.41, 5.74) is 3.28. The van der Waals surface area contributed by atoms with E-state index in [9.17, 15) is 0 Å². The van der Waals surface area contributed by atoms with Crippen LogP contribution in [0.4, 0.5) is 5.69 Å². The maximum Gasteiger partial charge on any atom is 0.0777 e. The first-order chi connectivity index (χ1) is 9.43. The summed E-state index contributed by atoms with van der Waals surface area (Å²) in [4.78, 5) is 9.60. The minimum absolute atomic E-state index is 0.677. The van der Waals surface area contributed by atoms with Crippen LogP contribution in [-0.4, -0.2) is 9.97 Å². The first-order valence-electron chi connectivity index (χ1n) is 6.05. The van der Waals surface area contributed by atoms with Gasteiger partial charge >= 0.3 is 0 Å². The number of nitrogens with zero attached hydrogens (tertiary/aromatic N) is 2. The third kappa shape index (κ3) is 2.80. The van der Waals surface area contributed by atoms with Gasteiger partial charge in [-0.25, -0.2) is 0 Å². The van der Waals surface area contributed by atoms with Gasteiger partial charge in [-0.15, -0.1) is 11.3 Å². The molecule has 2 aromatic heterocycles. The second-order valence-electron chi connectivity index (χ2n) is 4.07. The van der Waals surface area contributed by atoms with Gasteiger partial charge < -0.3 is 5.32 Å². The molecule has 0 unspecified atom stereocenters. The average Bonchev–Trinajstić information content (AvgIpc) is 3.01. The van der Waals surface area contributed by atoms with E-state index >= 15 is 0 Å². The standard InChI is InChI=1S/C15H13N3S/c1-2-5-14(13(4-1)15-6-3-9-19-15)18-11-12-10-16-7-8-17-12/h1-10,18H,11H2. The Kier molecular flexibility index (Phi) is 3.51. The lowest BCUT2D eigenvalue weighted by Gasteiger charge is -2.10. The molecule has 0 aliphatic rings. The minimum Gasteiger partial charge on any atom is -0.379 e. The highest BCUT2D eigenvalue weighted by Gasteiger charge is 2.05. The van der Waals surface area contributed by atoms with E-state index in [4.69, 9.17) is 0 Å². The van der Waals surface area contributed by atoms with Crippen molar-refractivity contribution in [1.82, 2.24) is 9.97 Å². The maximum absolute atomic E-state index is 4.26. The summed E-state index contributed by atoms with van der Waals surface area (Å²) in [5, 5.41) is 5.51. The molecule has 3 rings (SSSR count). The Morgan fingerprint density at radius 2 is 2.00 bits per heavy atom. The van der Waals surface area contributed by atoms with Crippen LogP contribution in [0.25, 0.3) is 10.4 Å². The van der Waals surface area contributed by atoms with Crippen LogP contribution in [-0.2, 0) is 6.54 Å². The quantitative estimate of drug-likeness (QED) is 0.781. The molecule has 2 heterocycles. The Labute approximate surface area is 116 Å². The zero-order chi connectivity index (χ0) is 12.9. The first-order valence-corrected chi connectivity index (χ1v) is 6.93. The van der Waals surface area contributed by atoms with Gasteiger partial charge in [-0.3, -0.25) is 9.97 Å². The third-order valence-electron chi connectivity index (χ3n) is 2.79. The highest BCUT2D eigenvalue weighted by Crippen LogP contribution is 2.31. The monoisotopic (exact) mass is 267 g/mol. The van der Waals surface area contributed by atoms with Crippen LogP contribution in [0, 0.1) is 0 Å². The van der Waals surface area contributed by atoms with Crippen LogP contribution in [0.5, 0.6) is 0 Å². The van der Waals surface area contributed by atoms with E-state index < -0.39 is 0 Å². The lowest BCUT2D eigenvalue weighted by atomic mass is 10.1. The van der Waals surface area contributed by atoms with Gasteiger partial charge in [0.2, 0.25) is 0 Å². The molecule has 0 aliphatic carbocycles. The van der Waals surface area contributed by atoms with Crippen molar-refractivity contribution in [3.8, 4) is 10.4 Å². The summed E-state index contributed by atoms with van der Waals surface area (Å²) < 4.78 is 0. The van der Waals surface area contributed by atoms with E-state index in [2.05, 4.69) is 51.0 Å². The Morgan fingerprint density at radius 3 is 2.79 bits per heavy atom. The number of anilines is 1. The molecule has 0 aliphatic heterocycles. The highest BCUT2D eigenvalue weighted by atomic mass is 32.1. The third-order valence-corrected chi connectivity index (χ3v) is 3.69. The topological polar surface area (TPSA) is 37.8 Å². The predicted octanol–water partition coefficient (Wildman–Crippen LogP) is 3.82. The molecule has 3 nitrogen and oxygen atoms in total. The van der Waals surface area contributed by atoms with Crippen molar-refractivity contribution in [2.45, 2.75) is 6.54 Å². The van der Waals surface area contributed by atoms with Gasteiger partial charge in [0.15, 0.2) is 0 Å². The Morgan fingerprint density at radius 1 is 1.05 bits per heavy atom. The van der Waals surface area contributed by atoms with Crippen molar-refractivity contribution >= 4 is 17.0 Å². The number of benzene rings is 1. The van der Waals surface area contributed by atoms with Crippen LogP contribution in [0.15, 0.2) is 60.4 Å². The van der Waals surface area contributed by atoms with E-state index in [1.165, 1.54) is 10.4 Å². The molecule has 0 fully saturated rings. The SMILES string of the molecule is c1csc(-c2ccccc2NCc2cnccn2)c1. The smallest absolute Gasteiger partial charge is 0.0777 e. The summed E-state index contributed by atoms with van der Waals surface area (Å²) in [6.07, 6.45) is 5.17. The number of para-hydroxylation sites is 1. The highest BCUT2D eigenvalue weighted by molar-refractivity contribution is 7.13. The molecule has 1 aromatic carbocycles. The maximum atomic E-state index is 4.26. The number of thiophene rings is 1. The van der Waals surface area contributed by atoms with Crippen LogP contribution in [0.3, 0.4) is 0 Å². The van der Waals surface area contributed by atoms with Gasteiger partial charge in [-0.1, -0.05) is 24.3 Å². The summed E-state index contributed by atoms with van der Waals surface area (Å²) >= 11 is 1.74. The molecule has 0 radical (unpaired) electrons. The zero-order valence-corrected chi connectivity index (χ0v) is 11.1. The van der Waals surface area contributed by atoms with Crippen molar-refractivity contribution in [3.63, 3.8) is 0 Å². The molecular formula is C15H13N3S. The van der Waals surface area contributed by atoms with E-state index in [1.54, 1.807) is 29.9 Å². The summed E-state index contributed by atoms with van der Waals surface area (Å²) in [6.45, 7) is 0.677. The summed E-state index contributed by atoms with van der Waals surface area (Å²) in [5.74, 6) is 0. The lowest BCUT2D eigenvalue weighted by molar-refractivity contribution is 1.01. The molecule has 0 saturated heterocycles. The van der Waals surface area contributed by atoms with Crippen molar-refractivity contribution in [1.29, 1.82) is 0 Å².